The first-order valence-electron chi connectivity index (χ1n) is 6.30. The van der Waals surface area contributed by atoms with Gasteiger partial charge in [-0.25, -0.2) is 4.79 Å². The maximum absolute atomic E-state index is 11.2. The smallest absolute Gasteiger partial charge is 0.339 e. The predicted octanol–water partition coefficient (Wildman–Crippen LogP) is 4.18. The lowest BCUT2D eigenvalue weighted by atomic mass is 9.90. The van der Waals surface area contributed by atoms with Crippen molar-refractivity contribution in [3.63, 3.8) is 0 Å². The molecule has 0 saturated carbocycles. The van der Waals surface area contributed by atoms with Gasteiger partial charge in [-0.3, -0.25) is 0 Å². The lowest BCUT2D eigenvalue weighted by Crippen LogP contribution is -2.03. The van der Waals surface area contributed by atoms with Crippen molar-refractivity contribution in [2.45, 2.75) is 25.7 Å². The van der Waals surface area contributed by atoms with Crippen LogP contribution >= 0.6 is 11.6 Å². The van der Waals surface area contributed by atoms with Crippen molar-refractivity contribution in [3.05, 3.63) is 46.2 Å². The third-order valence-electron chi connectivity index (χ3n) is 3.54. The second kappa shape index (κ2) is 4.74. The highest BCUT2D eigenvalue weighted by molar-refractivity contribution is 6.29. The van der Waals surface area contributed by atoms with Crippen molar-refractivity contribution in [1.29, 1.82) is 0 Å². The summed E-state index contributed by atoms with van der Waals surface area (Å²) in [5.74, 6) is -0.686. The summed E-state index contributed by atoms with van der Waals surface area (Å²) in [5, 5.41) is 9.26. The molecule has 0 radical (unpaired) electrons. The molecule has 1 aliphatic carbocycles. The third-order valence-corrected chi connectivity index (χ3v) is 3.73. The number of carbonyl (C=O) groups is 1. The Morgan fingerprint density at radius 2 is 1.89 bits per heavy atom. The molecular formula is C15H13ClO3. The van der Waals surface area contributed by atoms with Gasteiger partial charge in [0.2, 0.25) is 0 Å². The van der Waals surface area contributed by atoms with E-state index in [1.54, 1.807) is 0 Å². The Kier molecular flexibility index (Phi) is 3.07. The average Bonchev–Trinajstić information content (AvgIpc) is 2.80. The fourth-order valence-corrected chi connectivity index (χ4v) is 2.80. The number of halogens is 1. The van der Waals surface area contributed by atoms with Gasteiger partial charge < -0.3 is 9.52 Å². The van der Waals surface area contributed by atoms with Gasteiger partial charge in [-0.15, -0.1) is 0 Å². The quantitative estimate of drug-likeness (QED) is 0.895. The molecule has 0 atom stereocenters. The molecule has 3 nitrogen and oxygen atoms in total. The minimum atomic E-state index is -1.02. The van der Waals surface area contributed by atoms with E-state index in [1.165, 1.54) is 30.0 Å². The zero-order valence-corrected chi connectivity index (χ0v) is 11.0. The Balaban J connectivity index is 2.09. The summed E-state index contributed by atoms with van der Waals surface area (Å²) in [4.78, 5) is 11.2. The van der Waals surface area contributed by atoms with Gasteiger partial charge in [0.25, 0.3) is 0 Å². The summed E-state index contributed by atoms with van der Waals surface area (Å²) in [6.07, 6.45) is 4.54. The molecule has 4 heteroatoms. The normalized spacial score (nSPS) is 14.2. The summed E-state index contributed by atoms with van der Waals surface area (Å²) in [6, 6.07) is 7.34. The van der Waals surface area contributed by atoms with E-state index in [-0.39, 0.29) is 10.8 Å². The zero-order valence-electron chi connectivity index (χ0n) is 10.3. The molecule has 0 unspecified atom stereocenters. The van der Waals surface area contributed by atoms with Crippen LogP contribution in [0.15, 0.2) is 28.7 Å². The summed E-state index contributed by atoms with van der Waals surface area (Å²) in [7, 11) is 0. The van der Waals surface area contributed by atoms with Crippen LogP contribution in [0.1, 0.15) is 34.3 Å². The lowest BCUT2D eigenvalue weighted by Gasteiger charge is -2.16. The Labute approximate surface area is 115 Å². The van der Waals surface area contributed by atoms with Gasteiger partial charge in [-0.05, 0) is 54.5 Å². The monoisotopic (exact) mass is 276 g/mol. The standard InChI is InChI=1S/C15H13ClO3/c16-13-8-12(15(17)18)14(19-13)11-6-5-9-3-1-2-4-10(9)7-11/h5-8H,1-4H2,(H,17,18). The molecule has 0 saturated heterocycles. The number of aryl methyl sites for hydroxylation is 2. The molecule has 1 aromatic carbocycles. The fourth-order valence-electron chi connectivity index (χ4n) is 2.61. The van der Waals surface area contributed by atoms with E-state index >= 15 is 0 Å². The van der Waals surface area contributed by atoms with E-state index in [0.29, 0.717) is 5.76 Å². The number of hydrogen-bond donors (Lipinski definition) is 1. The van der Waals surface area contributed by atoms with Gasteiger partial charge >= 0.3 is 5.97 Å². The van der Waals surface area contributed by atoms with Crippen LogP contribution < -0.4 is 0 Å². The molecule has 2 aromatic rings. The Hall–Kier alpha value is -1.74. The molecule has 0 amide bonds. The van der Waals surface area contributed by atoms with Gasteiger partial charge in [0, 0.05) is 11.6 Å². The maximum Gasteiger partial charge on any atom is 0.339 e. The molecule has 1 heterocycles. The van der Waals surface area contributed by atoms with E-state index in [0.717, 1.165) is 18.4 Å². The van der Waals surface area contributed by atoms with E-state index < -0.39 is 5.97 Å². The summed E-state index contributed by atoms with van der Waals surface area (Å²) < 4.78 is 5.34. The van der Waals surface area contributed by atoms with Crippen molar-refractivity contribution in [3.8, 4) is 11.3 Å². The van der Waals surface area contributed by atoms with Crippen LogP contribution in [0.4, 0.5) is 0 Å². The molecule has 0 spiro atoms. The third kappa shape index (κ3) is 2.26. The molecule has 1 aliphatic rings. The van der Waals surface area contributed by atoms with Gasteiger partial charge in [0.05, 0.1) is 0 Å². The largest absolute Gasteiger partial charge is 0.478 e. The highest BCUT2D eigenvalue weighted by atomic mass is 35.5. The van der Waals surface area contributed by atoms with Gasteiger partial charge in [-0.2, -0.15) is 0 Å². The average molecular weight is 277 g/mol. The molecule has 1 N–H and O–H groups in total. The van der Waals surface area contributed by atoms with Crippen LogP contribution in [0.3, 0.4) is 0 Å². The first kappa shape index (κ1) is 12.3. The topological polar surface area (TPSA) is 50.4 Å². The molecule has 0 fully saturated rings. The van der Waals surface area contributed by atoms with Gasteiger partial charge in [-0.1, -0.05) is 12.1 Å². The van der Waals surface area contributed by atoms with E-state index in [9.17, 15) is 4.79 Å². The number of benzene rings is 1. The van der Waals surface area contributed by atoms with Crippen molar-refractivity contribution >= 4 is 17.6 Å². The van der Waals surface area contributed by atoms with Crippen LogP contribution in [0.2, 0.25) is 5.22 Å². The van der Waals surface area contributed by atoms with Gasteiger partial charge in [0.1, 0.15) is 5.56 Å². The van der Waals surface area contributed by atoms with E-state index in [4.69, 9.17) is 21.1 Å². The maximum atomic E-state index is 11.2. The first-order valence-corrected chi connectivity index (χ1v) is 6.68. The van der Waals surface area contributed by atoms with Crippen LogP contribution in [0, 0.1) is 0 Å². The number of fused-ring (bicyclic) bond motifs is 1. The zero-order chi connectivity index (χ0) is 13.4. The highest BCUT2D eigenvalue weighted by Crippen LogP contribution is 2.32. The second-order valence-corrected chi connectivity index (χ2v) is 5.16. The van der Waals surface area contributed by atoms with Crippen molar-refractivity contribution in [2.75, 3.05) is 0 Å². The molecule has 19 heavy (non-hydrogen) atoms. The Morgan fingerprint density at radius 1 is 1.16 bits per heavy atom. The van der Waals surface area contributed by atoms with E-state index in [1.807, 2.05) is 12.1 Å². The second-order valence-electron chi connectivity index (χ2n) is 4.79. The van der Waals surface area contributed by atoms with Crippen LogP contribution in [0.5, 0.6) is 0 Å². The number of carboxylic acid groups (broad SMARTS) is 1. The molecule has 3 rings (SSSR count). The van der Waals surface area contributed by atoms with E-state index in [2.05, 4.69) is 6.07 Å². The molecule has 98 valence electrons. The molecule has 0 aliphatic heterocycles. The van der Waals surface area contributed by atoms with Gasteiger partial charge in [0.15, 0.2) is 11.0 Å². The van der Waals surface area contributed by atoms with Crippen LogP contribution in [0.25, 0.3) is 11.3 Å². The molecular weight excluding hydrogens is 264 g/mol. The van der Waals surface area contributed by atoms with Crippen molar-refractivity contribution in [2.24, 2.45) is 0 Å². The van der Waals surface area contributed by atoms with Crippen LogP contribution in [-0.4, -0.2) is 11.1 Å². The number of aromatic carboxylic acids is 1. The predicted molar refractivity (Wildman–Crippen MR) is 72.8 cm³/mol. The molecule has 1 aromatic heterocycles. The summed E-state index contributed by atoms with van der Waals surface area (Å²) in [5.41, 5.74) is 3.53. The summed E-state index contributed by atoms with van der Waals surface area (Å²) >= 11 is 5.77. The van der Waals surface area contributed by atoms with Crippen molar-refractivity contribution in [1.82, 2.24) is 0 Å². The molecule has 0 bridgehead atoms. The number of furan rings is 1. The number of rotatable bonds is 2. The van der Waals surface area contributed by atoms with Crippen LogP contribution in [-0.2, 0) is 12.8 Å². The minimum absolute atomic E-state index is 0.102. The lowest BCUT2D eigenvalue weighted by molar-refractivity contribution is 0.0697. The fraction of sp³-hybridized carbons (Fsp3) is 0.267. The number of hydrogen-bond acceptors (Lipinski definition) is 2. The minimum Gasteiger partial charge on any atom is -0.478 e. The number of carboxylic acids is 1. The highest BCUT2D eigenvalue weighted by Gasteiger charge is 2.19. The SMILES string of the molecule is O=C(O)c1cc(Cl)oc1-c1ccc2c(c1)CCCC2. The van der Waals surface area contributed by atoms with Crippen molar-refractivity contribution < 1.29 is 14.3 Å². The Bertz CT molecular complexity index is 643. The Morgan fingerprint density at radius 3 is 2.63 bits per heavy atom. The first-order chi connectivity index (χ1) is 9.15. The summed E-state index contributed by atoms with van der Waals surface area (Å²) in [6.45, 7) is 0.